The highest BCUT2D eigenvalue weighted by Gasteiger charge is 2.14. The number of phenolic OH excluding ortho intramolecular Hbond substituents is 1. The first-order valence-corrected chi connectivity index (χ1v) is 5.94. The number of amides is 1. The summed E-state index contributed by atoms with van der Waals surface area (Å²) in [6.07, 6.45) is 1.36. The third kappa shape index (κ3) is 1.95. The lowest BCUT2D eigenvalue weighted by atomic mass is 9.97. The molecule has 3 heteroatoms. The van der Waals surface area contributed by atoms with Gasteiger partial charge in [-0.3, -0.25) is 4.79 Å². The molecule has 2 N–H and O–H groups in total. The zero-order valence-electron chi connectivity index (χ0n) is 9.81. The van der Waals surface area contributed by atoms with Crippen LogP contribution in [-0.4, -0.2) is 11.0 Å². The van der Waals surface area contributed by atoms with E-state index >= 15 is 0 Å². The van der Waals surface area contributed by atoms with E-state index < -0.39 is 0 Å². The summed E-state index contributed by atoms with van der Waals surface area (Å²) < 4.78 is 0. The van der Waals surface area contributed by atoms with Gasteiger partial charge in [0.05, 0.1) is 0 Å². The van der Waals surface area contributed by atoms with Gasteiger partial charge in [-0.2, -0.15) is 0 Å². The van der Waals surface area contributed by atoms with E-state index in [-0.39, 0.29) is 11.7 Å². The zero-order valence-corrected chi connectivity index (χ0v) is 9.81. The number of phenols is 1. The Morgan fingerprint density at radius 1 is 0.944 bits per heavy atom. The minimum atomic E-state index is 0.0744. The lowest BCUT2D eigenvalue weighted by molar-refractivity contribution is -0.116. The fraction of sp³-hybridized carbons (Fsp3) is 0.133. The van der Waals surface area contributed by atoms with Gasteiger partial charge in [-0.1, -0.05) is 24.3 Å². The van der Waals surface area contributed by atoms with Crippen molar-refractivity contribution in [3.05, 3.63) is 48.0 Å². The predicted octanol–water partition coefficient (Wildman–Crippen LogP) is 2.94. The molecule has 0 aliphatic carbocycles. The van der Waals surface area contributed by atoms with Crippen LogP contribution in [0.1, 0.15) is 12.0 Å². The number of fused-ring (bicyclic) bond motifs is 1. The molecule has 0 bridgehead atoms. The lowest BCUT2D eigenvalue weighted by Crippen LogP contribution is -2.18. The van der Waals surface area contributed by atoms with Gasteiger partial charge >= 0.3 is 0 Å². The molecule has 2 aromatic carbocycles. The van der Waals surface area contributed by atoms with E-state index in [0.717, 1.165) is 23.2 Å². The van der Waals surface area contributed by atoms with Crippen LogP contribution in [0.15, 0.2) is 42.5 Å². The van der Waals surface area contributed by atoms with Crippen molar-refractivity contribution in [2.75, 3.05) is 5.32 Å². The SMILES string of the molecule is O=C1CCc2ccc(-c3ccc(O)cc3)cc2N1. The van der Waals surface area contributed by atoms with Crippen LogP contribution in [0.3, 0.4) is 0 Å². The molecule has 0 aromatic heterocycles. The lowest BCUT2D eigenvalue weighted by Gasteiger charge is -2.17. The molecule has 1 aliphatic rings. The summed E-state index contributed by atoms with van der Waals surface area (Å²) in [5, 5.41) is 12.2. The molecule has 1 aliphatic heterocycles. The molecule has 0 saturated carbocycles. The summed E-state index contributed by atoms with van der Waals surface area (Å²) in [5.41, 5.74) is 4.14. The topological polar surface area (TPSA) is 49.3 Å². The molecule has 18 heavy (non-hydrogen) atoms. The van der Waals surface area contributed by atoms with Crippen LogP contribution < -0.4 is 5.32 Å². The predicted molar refractivity (Wildman–Crippen MR) is 70.5 cm³/mol. The maximum atomic E-state index is 11.4. The molecule has 3 nitrogen and oxygen atoms in total. The summed E-state index contributed by atoms with van der Waals surface area (Å²) in [4.78, 5) is 11.4. The van der Waals surface area contributed by atoms with Gasteiger partial charge in [0, 0.05) is 12.1 Å². The second-order valence-corrected chi connectivity index (χ2v) is 4.47. The number of carbonyl (C=O) groups is 1. The maximum absolute atomic E-state index is 11.4. The smallest absolute Gasteiger partial charge is 0.224 e. The van der Waals surface area contributed by atoms with E-state index in [4.69, 9.17) is 0 Å². The van der Waals surface area contributed by atoms with Crippen molar-refractivity contribution in [2.45, 2.75) is 12.8 Å². The highest BCUT2D eigenvalue weighted by Crippen LogP contribution is 2.29. The summed E-state index contributed by atoms with van der Waals surface area (Å²) in [6.45, 7) is 0. The summed E-state index contributed by atoms with van der Waals surface area (Å²) in [5.74, 6) is 0.329. The molecule has 1 amide bonds. The first-order valence-electron chi connectivity index (χ1n) is 5.94. The van der Waals surface area contributed by atoms with Crippen LogP contribution in [0.25, 0.3) is 11.1 Å². The number of benzene rings is 2. The standard InChI is InChI=1S/C15H13NO2/c17-13-6-3-10(4-7-13)12-2-1-11-5-8-15(18)16-14(11)9-12/h1-4,6-7,9,17H,5,8H2,(H,16,18). The molecule has 0 unspecified atom stereocenters. The Labute approximate surface area is 105 Å². The molecule has 0 radical (unpaired) electrons. The number of anilines is 1. The van der Waals surface area contributed by atoms with Crippen LogP contribution in [0.5, 0.6) is 5.75 Å². The van der Waals surface area contributed by atoms with Gasteiger partial charge in [0.15, 0.2) is 0 Å². The maximum Gasteiger partial charge on any atom is 0.224 e. The van der Waals surface area contributed by atoms with Gasteiger partial charge in [-0.25, -0.2) is 0 Å². The van der Waals surface area contributed by atoms with Crippen LogP contribution >= 0.6 is 0 Å². The molecule has 2 aromatic rings. The number of nitrogens with one attached hydrogen (secondary N) is 1. The second-order valence-electron chi connectivity index (χ2n) is 4.47. The van der Waals surface area contributed by atoms with E-state index in [1.54, 1.807) is 12.1 Å². The van der Waals surface area contributed by atoms with Crippen molar-refractivity contribution < 1.29 is 9.90 Å². The van der Waals surface area contributed by atoms with Crippen LogP contribution in [0.4, 0.5) is 5.69 Å². The van der Waals surface area contributed by atoms with E-state index in [1.807, 2.05) is 24.3 Å². The number of hydrogen-bond acceptors (Lipinski definition) is 2. The highest BCUT2D eigenvalue weighted by molar-refractivity contribution is 5.94. The number of aromatic hydroxyl groups is 1. The molecule has 0 atom stereocenters. The molecule has 1 heterocycles. The molecule has 0 saturated heterocycles. The number of carbonyl (C=O) groups excluding carboxylic acids is 1. The Kier molecular flexibility index (Phi) is 2.52. The van der Waals surface area contributed by atoms with E-state index in [0.29, 0.717) is 6.42 Å². The van der Waals surface area contributed by atoms with E-state index in [1.165, 1.54) is 5.56 Å². The van der Waals surface area contributed by atoms with Crippen molar-refractivity contribution in [3.8, 4) is 16.9 Å². The average molecular weight is 239 g/mol. The third-order valence-electron chi connectivity index (χ3n) is 3.21. The van der Waals surface area contributed by atoms with Crippen LogP contribution in [-0.2, 0) is 11.2 Å². The fourth-order valence-corrected chi connectivity index (χ4v) is 2.21. The van der Waals surface area contributed by atoms with Crippen molar-refractivity contribution in [2.24, 2.45) is 0 Å². The Bertz CT molecular complexity index is 602. The largest absolute Gasteiger partial charge is 0.508 e. The van der Waals surface area contributed by atoms with Crippen molar-refractivity contribution in [1.82, 2.24) is 0 Å². The Balaban J connectivity index is 2.01. The minimum Gasteiger partial charge on any atom is -0.508 e. The fourth-order valence-electron chi connectivity index (χ4n) is 2.21. The zero-order chi connectivity index (χ0) is 12.5. The third-order valence-corrected chi connectivity index (χ3v) is 3.21. The second kappa shape index (κ2) is 4.18. The minimum absolute atomic E-state index is 0.0744. The first-order chi connectivity index (χ1) is 8.72. The number of aryl methyl sites for hydroxylation is 1. The molecule has 3 rings (SSSR count). The monoisotopic (exact) mass is 239 g/mol. The number of hydrogen-bond donors (Lipinski definition) is 2. The van der Waals surface area contributed by atoms with Gasteiger partial charge in [-0.15, -0.1) is 0 Å². The molecular weight excluding hydrogens is 226 g/mol. The van der Waals surface area contributed by atoms with Crippen molar-refractivity contribution in [3.63, 3.8) is 0 Å². The summed E-state index contributed by atoms with van der Waals surface area (Å²) in [7, 11) is 0. The first kappa shape index (κ1) is 10.8. The average Bonchev–Trinajstić information content (AvgIpc) is 2.38. The Morgan fingerprint density at radius 3 is 2.44 bits per heavy atom. The molecule has 90 valence electrons. The Morgan fingerprint density at radius 2 is 1.67 bits per heavy atom. The Hall–Kier alpha value is -2.29. The number of rotatable bonds is 1. The van der Waals surface area contributed by atoms with Gasteiger partial charge < -0.3 is 10.4 Å². The molecule has 0 spiro atoms. The van der Waals surface area contributed by atoms with Gasteiger partial charge in [-0.05, 0) is 41.3 Å². The van der Waals surface area contributed by atoms with Crippen molar-refractivity contribution >= 4 is 11.6 Å². The summed E-state index contributed by atoms with van der Waals surface area (Å²) in [6, 6.07) is 13.1. The van der Waals surface area contributed by atoms with E-state index in [9.17, 15) is 9.90 Å². The van der Waals surface area contributed by atoms with Gasteiger partial charge in [0.25, 0.3) is 0 Å². The molecule has 0 fully saturated rings. The molecular formula is C15H13NO2. The van der Waals surface area contributed by atoms with Crippen molar-refractivity contribution in [1.29, 1.82) is 0 Å². The highest BCUT2D eigenvalue weighted by atomic mass is 16.3. The summed E-state index contributed by atoms with van der Waals surface area (Å²) >= 11 is 0. The quantitative estimate of drug-likeness (QED) is 0.803. The van der Waals surface area contributed by atoms with Gasteiger partial charge in [0.1, 0.15) is 5.75 Å². The van der Waals surface area contributed by atoms with Crippen LogP contribution in [0.2, 0.25) is 0 Å². The normalized spacial score (nSPS) is 13.9. The van der Waals surface area contributed by atoms with E-state index in [2.05, 4.69) is 11.4 Å². The van der Waals surface area contributed by atoms with Gasteiger partial charge in [0.2, 0.25) is 5.91 Å². The van der Waals surface area contributed by atoms with Crippen LogP contribution in [0, 0.1) is 0 Å².